The Hall–Kier alpha value is -0.880. The fraction of sp³-hybridized carbons (Fsp3) is 0.692. The zero-order valence-electron chi connectivity index (χ0n) is 13.0. The van der Waals surface area contributed by atoms with Crippen LogP contribution in [-0.4, -0.2) is 20.4 Å². The normalized spacial score (nSPS) is 8.68. The molecule has 0 fully saturated rings. The van der Waals surface area contributed by atoms with Gasteiger partial charge in [-0.1, -0.05) is 41.5 Å². The molecule has 0 aliphatic heterocycles. The van der Waals surface area contributed by atoms with Crippen molar-refractivity contribution < 1.29 is 0 Å². The van der Waals surface area contributed by atoms with Gasteiger partial charge >= 0.3 is 0 Å². The van der Waals surface area contributed by atoms with Crippen molar-refractivity contribution in [1.82, 2.24) is 20.4 Å². The maximum atomic E-state index is 3.69. The summed E-state index contributed by atoms with van der Waals surface area (Å²) < 4.78 is 0. The lowest BCUT2D eigenvalue weighted by molar-refractivity contribution is 0.736. The van der Waals surface area contributed by atoms with E-state index in [0.29, 0.717) is 0 Å². The second-order valence-corrected chi connectivity index (χ2v) is 6.73. The van der Waals surface area contributed by atoms with Crippen LogP contribution in [0.3, 0.4) is 0 Å². The quantitative estimate of drug-likeness (QED) is 0.707. The van der Waals surface area contributed by atoms with E-state index >= 15 is 0 Å². The zero-order valence-corrected chi connectivity index (χ0v) is 14.6. The van der Waals surface area contributed by atoms with E-state index in [2.05, 4.69) is 61.9 Å². The first-order chi connectivity index (χ1) is 8.86. The molecule has 19 heavy (non-hydrogen) atoms. The fourth-order valence-corrected chi connectivity index (χ4v) is 0.978. The van der Waals surface area contributed by atoms with Crippen LogP contribution in [0.15, 0.2) is 16.5 Å². The van der Waals surface area contributed by atoms with Gasteiger partial charge in [-0.2, -0.15) is 0 Å². The van der Waals surface area contributed by atoms with E-state index < -0.39 is 0 Å². The van der Waals surface area contributed by atoms with Crippen LogP contribution in [0.1, 0.15) is 46.6 Å². The molecule has 4 nitrogen and oxygen atoms in total. The molecule has 2 aromatic rings. The molecule has 0 unspecified atom stereocenters. The minimum atomic E-state index is 0.833. The van der Waals surface area contributed by atoms with Crippen LogP contribution < -0.4 is 0 Å². The van der Waals surface area contributed by atoms with E-state index in [1.807, 2.05) is 6.92 Å². The van der Waals surface area contributed by atoms with E-state index in [4.69, 9.17) is 0 Å². The summed E-state index contributed by atoms with van der Waals surface area (Å²) in [6, 6.07) is 0. The predicted octanol–water partition coefficient (Wildman–Crippen LogP) is 4.71. The topological polar surface area (TPSA) is 51.6 Å². The Bertz CT molecular complexity index is 303. The van der Waals surface area contributed by atoms with Crippen molar-refractivity contribution in [2.75, 3.05) is 0 Å². The van der Waals surface area contributed by atoms with Crippen molar-refractivity contribution in [1.29, 1.82) is 0 Å². The molecule has 0 N–H and O–H groups in total. The Kier molecular flexibility index (Phi) is 16.3. The van der Waals surface area contributed by atoms with Crippen LogP contribution in [0.4, 0.5) is 0 Å². The minimum absolute atomic E-state index is 0.833. The van der Waals surface area contributed by atoms with Crippen LogP contribution >= 0.6 is 22.7 Å². The Balaban J connectivity index is 0. The van der Waals surface area contributed by atoms with Crippen LogP contribution in [0.25, 0.3) is 0 Å². The average molecular weight is 303 g/mol. The second-order valence-electron chi connectivity index (χ2n) is 5.00. The third-order valence-electron chi connectivity index (χ3n) is 0.752. The maximum absolute atomic E-state index is 3.69. The van der Waals surface area contributed by atoms with Crippen molar-refractivity contribution in [3.05, 3.63) is 21.5 Å². The first-order valence-electron chi connectivity index (χ1n) is 6.27. The van der Waals surface area contributed by atoms with Gasteiger partial charge in [-0.15, -0.1) is 43.1 Å². The van der Waals surface area contributed by atoms with Crippen molar-refractivity contribution in [2.45, 2.75) is 48.5 Å². The van der Waals surface area contributed by atoms with Crippen molar-refractivity contribution in [3.63, 3.8) is 0 Å². The third kappa shape index (κ3) is 31.7. The van der Waals surface area contributed by atoms with Gasteiger partial charge in [0.05, 0.1) is 0 Å². The minimum Gasteiger partial charge on any atom is -0.147 e. The van der Waals surface area contributed by atoms with E-state index in [9.17, 15) is 0 Å². The molecule has 2 heterocycles. The highest BCUT2D eigenvalue weighted by molar-refractivity contribution is 7.09. The van der Waals surface area contributed by atoms with Crippen molar-refractivity contribution in [3.8, 4) is 0 Å². The smallest absolute Gasteiger partial charge is 0.114 e. The molecular weight excluding hydrogens is 276 g/mol. The Morgan fingerprint density at radius 3 is 1.32 bits per heavy atom. The molecule has 0 aliphatic rings. The summed E-state index contributed by atoms with van der Waals surface area (Å²) in [7, 11) is 0. The highest BCUT2D eigenvalue weighted by atomic mass is 32.1. The van der Waals surface area contributed by atoms with Gasteiger partial charge in [-0.25, -0.2) is 0 Å². The van der Waals surface area contributed by atoms with E-state index in [0.717, 1.165) is 16.8 Å². The highest BCUT2D eigenvalue weighted by Gasteiger charge is 1.78. The van der Waals surface area contributed by atoms with Gasteiger partial charge in [0.2, 0.25) is 0 Å². The van der Waals surface area contributed by atoms with Crippen LogP contribution in [0.5, 0.6) is 0 Å². The summed E-state index contributed by atoms with van der Waals surface area (Å²) in [4.78, 5) is 0. The van der Waals surface area contributed by atoms with Gasteiger partial charge in [0.1, 0.15) is 21.5 Å². The molecule has 2 aromatic heterocycles. The molecule has 0 saturated carbocycles. The van der Waals surface area contributed by atoms with E-state index in [-0.39, 0.29) is 0 Å². The number of nitrogens with zero attached hydrogens (tertiary/aromatic N) is 4. The predicted molar refractivity (Wildman–Crippen MR) is 85.6 cm³/mol. The molecule has 0 radical (unpaired) electrons. The lowest BCUT2D eigenvalue weighted by atomic mass is 10.3. The number of aryl methyl sites for hydroxylation is 1. The third-order valence-corrected chi connectivity index (χ3v) is 1.81. The summed E-state index contributed by atoms with van der Waals surface area (Å²) in [5.41, 5.74) is 5.08. The van der Waals surface area contributed by atoms with Crippen molar-refractivity contribution >= 4 is 22.7 Å². The Morgan fingerprint density at radius 2 is 1.21 bits per heavy atom. The number of hydrogen-bond acceptors (Lipinski definition) is 6. The average Bonchev–Trinajstić information content (AvgIpc) is 2.89. The molecular formula is C13H26N4S2. The molecule has 6 heteroatoms. The molecule has 0 spiro atoms. The molecule has 0 saturated heterocycles. The molecule has 0 bridgehead atoms. The van der Waals surface area contributed by atoms with Crippen LogP contribution in [-0.2, 0) is 0 Å². The van der Waals surface area contributed by atoms with Crippen molar-refractivity contribution in [2.24, 2.45) is 11.8 Å². The number of aromatic nitrogens is 4. The summed E-state index contributed by atoms with van der Waals surface area (Å²) >= 11 is 3.05. The standard InChI is InChI=1S/2C4H10.C3H4N2S.C2H2N2S/c2*1-4(2)3;1-3-5-4-2-6-3;1-3-4-2-5-1/h2*4H,1-3H3;2H,1H3;1-2H. The maximum Gasteiger partial charge on any atom is 0.114 e. The summed E-state index contributed by atoms with van der Waals surface area (Å²) in [6.07, 6.45) is 0. The van der Waals surface area contributed by atoms with E-state index in [1.165, 1.54) is 11.3 Å². The van der Waals surface area contributed by atoms with Gasteiger partial charge in [-0.3, -0.25) is 0 Å². The van der Waals surface area contributed by atoms with Gasteiger partial charge in [0.25, 0.3) is 0 Å². The number of hydrogen-bond donors (Lipinski definition) is 0. The molecule has 0 atom stereocenters. The fourth-order valence-electron chi connectivity index (χ4n) is 0.364. The molecule has 0 amide bonds. The Morgan fingerprint density at radius 1 is 0.789 bits per heavy atom. The lowest BCUT2D eigenvalue weighted by Crippen LogP contribution is -1.66. The van der Waals surface area contributed by atoms with Gasteiger partial charge in [-0.05, 0) is 18.8 Å². The van der Waals surface area contributed by atoms with Crippen LogP contribution in [0.2, 0.25) is 0 Å². The zero-order chi connectivity index (χ0) is 15.1. The summed E-state index contributed by atoms with van der Waals surface area (Å²) in [5, 5.41) is 15.3. The molecule has 0 aromatic carbocycles. The second kappa shape index (κ2) is 15.2. The largest absolute Gasteiger partial charge is 0.147 e. The SMILES string of the molecule is CC(C)C.CC(C)C.Cc1nncs1.c1nncs1. The molecule has 110 valence electrons. The summed E-state index contributed by atoms with van der Waals surface area (Å²) in [5.74, 6) is 1.67. The summed E-state index contributed by atoms with van der Waals surface area (Å²) in [6.45, 7) is 14.9. The van der Waals surface area contributed by atoms with E-state index in [1.54, 1.807) is 27.9 Å². The Labute approximate surface area is 125 Å². The molecule has 2 rings (SSSR count). The van der Waals surface area contributed by atoms with Crippen LogP contribution in [0, 0.1) is 18.8 Å². The highest BCUT2D eigenvalue weighted by Crippen LogP contribution is 1.94. The first-order valence-corrected chi connectivity index (χ1v) is 8.10. The molecule has 0 aliphatic carbocycles. The first kappa shape index (κ1) is 20.4. The van der Waals surface area contributed by atoms with Gasteiger partial charge < -0.3 is 0 Å². The van der Waals surface area contributed by atoms with Gasteiger partial charge in [0.15, 0.2) is 0 Å². The van der Waals surface area contributed by atoms with Gasteiger partial charge in [0, 0.05) is 0 Å². The number of rotatable bonds is 0. The lowest BCUT2D eigenvalue weighted by Gasteiger charge is -1.79. The monoisotopic (exact) mass is 302 g/mol.